The summed E-state index contributed by atoms with van der Waals surface area (Å²) in [5.41, 5.74) is 7.45. The lowest BCUT2D eigenvalue weighted by atomic mass is 9.85. The first kappa shape index (κ1) is 84.5. The van der Waals surface area contributed by atoms with Crippen LogP contribution in [0.25, 0.3) is 22.4 Å². The fourth-order valence-electron chi connectivity index (χ4n) is 12.9. The summed E-state index contributed by atoms with van der Waals surface area (Å²) in [6.45, 7) is 6.85. The minimum atomic E-state index is -3.68. The van der Waals surface area contributed by atoms with E-state index in [1.807, 2.05) is 0 Å². The summed E-state index contributed by atoms with van der Waals surface area (Å²) >= 11 is 0. The fraction of sp³-hybridized carbons (Fsp3) is 0.521. The zero-order chi connectivity index (χ0) is 79.7. The lowest BCUT2D eigenvalue weighted by molar-refractivity contribution is -0.145. The van der Waals surface area contributed by atoms with Gasteiger partial charge in [-0.3, -0.25) is 66.5 Å². The van der Waals surface area contributed by atoms with Gasteiger partial charge in [0.2, 0.25) is 68.9 Å². The first-order chi connectivity index (χ1) is 51.6. The Morgan fingerprint density at radius 3 is 2.13 bits per heavy atom. The molecule has 2 bridgehead atoms. The molecule has 2 aromatic heterocycles. The summed E-state index contributed by atoms with van der Waals surface area (Å²) in [6.07, 6.45) is -4.93. The van der Waals surface area contributed by atoms with Gasteiger partial charge in [-0.25, -0.2) is 8.42 Å². The van der Waals surface area contributed by atoms with E-state index in [1.54, 1.807) is 95.3 Å². The number of Topliss-reactive ketones (excluding diaryl/α,β-unsaturated/α-hetero) is 4. The molecule has 109 heavy (non-hydrogen) atoms. The number of aromatic nitrogens is 3. The smallest absolute Gasteiger partial charge is 0.335 e. The number of anilines is 1. The molecule has 0 radical (unpaired) electrons. The highest BCUT2D eigenvalue weighted by atomic mass is 32.2. The number of H-pyrrole nitrogens is 1. The van der Waals surface area contributed by atoms with Crippen LogP contribution in [0.2, 0.25) is 0 Å². The Balaban J connectivity index is 0.964. The second kappa shape index (κ2) is 38.3. The number of ketones is 4. The maximum absolute atomic E-state index is 15.3. The second-order valence-electron chi connectivity index (χ2n) is 28.2. The molecule has 34 nitrogen and oxygen atoms in total. The summed E-state index contributed by atoms with van der Waals surface area (Å²) in [6, 6.07) is 10.4. The van der Waals surface area contributed by atoms with Crippen LogP contribution < -0.4 is 52.4 Å². The Bertz CT molecular complexity index is 4360. The number of benzene rings is 3. The molecule has 3 aromatic carbocycles. The summed E-state index contributed by atoms with van der Waals surface area (Å²) < 4.78 is 55.8. The molecular formula is C73H94N12O22S2. The third-order valence-corrected chi connectivity index (χ3v) is 21.6. The summed E-state index contributed by atoms with van der Waals surface area (Å²) in [7, 11) is -6.10. The minimum absolute atomic E-state index is 0.00454. The molecular weight excluding hydrogens is 1460 g/mol. The van der Waals surface area contributed by atoms with E-state index in [1.165, 1.54) is 13.0 Å². The first-order valence-electron chi connectivity index (χ1n) is 35.8. The van der Waals surface area contributed by atoms with Gasteiger partial charge in [0.15, 0.2) is 17.3 Å². The topological polar surface area (TPSA) is 520 Å². The number of nitrogens with two attached hydrogens (primary N) is 1. The molecule has 0 saturated carbocycles. The number of aliphatic hydroxyl groups is 3. The van der Waals surface area contributed by atoms with E-state index in [-0.39, 0.29) is 90.5 Å². The molecule has 590 valence electrons. The summed E-state index contributed by atoms with van der Waals surface area (Å²) in [4.78, 5) is 185. The summed E-state index contributed by atoms with van der Waals surface area (Å²) in [5.74, 6) is -16.3. The lowest BCUT2D eigenvalue weighted by Crippen LogP contribution is -2.56. The number of rotatable bonds is 27. The average molecular weight is 1560 g/mol. The van der Waals surface area contributed by atoms with Gasteiger partial charge in [0.25, 0.3) is 0 Å². The number of carbonyl (C=O) groups excluding carboxylic acids is 13. The van der Waals surface area contributed by atoms with Crippen molar-refractivity contribution in [1.29, 1.82) is 0 Å². The van der Waals surface area contributed by atoms with Crippen molar-refractivity contribution in [1.82, 2.24) is 52.0 Å². The molecule has 8 rings (SSSR count). The Kier molecular flexibility index (Phi) is 29.6. The number of primary amides is 1. The molecule has 1 fully saturated rings. The predicted octanol–water partition coefficient (Wildman–Crippen LogP) is 0.471. The molecule has 5 aromatic rings. The largest absolute Gasteiger partial charge is 0.493 e. The van der Waals surface area contributed by atoms with Crippen molar-refractivity contribution in [2.24, 2.45) is 41.2 Å². The van der Waals surface area contributed by atoms with Gasteiger partial charge in [-0.15, -0.1) is 5.10 Å². The average Bonchev–Trinajstić information content (AvgIpc) is 1.64. The first-order valence-corrected chi connectivity index (χ1v) is 39.0. The number of amides is 9. The van der Waals surface area contributed by atoms with Gasteiger partial charge in [0.05, 0.1) is 84.6 Å². The molecule has 36 heteroatoms. The number of aliphatic hydroxyl groups excluding tert-OH is 3. The highest BCUT2D eigenvalue weighted by Gasteiger charge is 2.45. The van der Waals surface area contributed by atoms with Crippen LogP contribution in [0.1, 0.15) is 117 Å². The third-order valence-electron chi connectivity index (χ3n) is 19.4. The normalized spacial score (nSPS) is 22.3. The van der Waals surface area contributed by atoms with Crippen molar-refractivity contribution in [2.45, 2.75) is 171 Å². The number of fused-ring (bicyclic) bond motifs is 5. The maximum atomic E-state index is 15.3. The zero-order valence-corrected chi connectivity index (χ0v) is 63.1. The van der Waals surface area contributed by atoms with Crippen molar-refractivity contribution >= 4 is 114 Å². The number of aromatic amines is 1. The van der Waals surface area contributed by atoms with Gasteiger partial charge in [-0.1, -0.05) is 65.2 Å². The van der Waals surface area contributed by atoms with Crippen LogP contribution in [-0.2, 0) is 96.0 Å². The van der Waals surface area contributed by atoms with Gasteiger partial charge < -0.3 is 82.0 Å². The van der Waals surface area contributed by atoms with Crippen molar-refractivity contribution < 1.29 is 104 Å². The number of sulfone groups is 1. The highest BCUT2D eigenvalue weighted by Crippen LogP contribution is 2.34. The number of carbonyl (C=O) groups is 13. The maximum Gasteiger partial charge on any atom is 0.335 e. The Labute approximate surface area is 630 Å². The van der Waals surface area contributed by atoms with E-state index >= 15 is 4.21 Å². The van der Waals surface area contributed by atoms with Crippen LogP contribution in [0.3, 0.4) is 0 Å². The van der Waals surface area contributed by atoms with E-state index in [2.05, 4.69) is 52.4 Å². The fourth-order valence-corrected chi connectivity index (χ4v) is 14.7. The SMILES string of the molecule is CC[C@H](C)[C@@H]1NC(=O)CNC(=O)C2CC(=O)[C@H]([C@@H](C)[C@@H](O)CO)NC(=O)[C@@H]3CC(O)CN3C(=O)[C@H](CC(N)=O)CC(=O)C(CS(=O)c3[nH]c4cc(OCc5ccc(NC(=O)[C@H](C)CC(=O)[C@@H](NC(=O)CCCC(=O)CCOc6ccc(-c7nnc(S(C)(=O)=O)o7)cc6)C(C)C)cc5)ccc4c3C2)NC(=O)CNC1=O. The third kappa shape index (κ3) is 23.2. The van der Waals surface area contributed by atoms with Crippen molar-refractivity contribution in [3.63, 3.8) is 0 Å². The quantitative estimate of drug-likeness (QED) is 0.0340. The number of ether oxygens (including phenoxy) is 2. The summed E-state index contributed by atoms with van der Waals surface area (Å²) in [5, 5.41) is 57.2. The second-order valence-corrected chi connectivity index (χ2v) is 31.6. The zero-order valence-electron chi connectivity index (χ0n) is 61.4. The molecule has 13 N–H and O–H groups in total. The molecule has 1 saturated heterocycles. The standard InChI is InChI=1S/C73H94N12O22S2/c1-8-38(4)64-69(100)76-31-61(95)78-53-36-108(102)71-51(25-43(67(98)75-32-62(96)81-64)26-57(91)65(40(6)58(92)34-86)82-68(99)54-29-47(88)33-85(54)72(101)44(27-55(53)89)28-59(74)93)50-21-20-49(30-52(50)79-71)106-35-41-12-16-45(17-13-41)77-66(97)39(5)24-56(90)63(37(2)3)80-60(94)11-9-10-46(87)22-23-105-48-18-14-42(15-19-48)70-83-84-73(107-70)109(7,103)104/h12-21,30,37-40,43-44,47,53-54,58,63-65,79,86,88,92H,8-11,22-29,31-36H2,1-7H3,(H2,74,93)(H,75,98)(H,76,100)(H,77,97)(H,78,95)(H,80,94)(H,81,96)(H,82,99)/t38-,39+,40-,43?,44-,47?,53?,54-,58-,63-,64-,65-,108?/m0/s1. The molecule has 3 aliphatic rings. The lowest BCUT2D eigenvalue weighted by Gasteiger charge is -2.32. The van der Waals surface area contributed by atoms with Crippen LogP contribution in [0.15, 0.2) is 81.4 Å². The predicted molar refractivity (Wildman–Crippen MR) is 390 cm³/mol. The van der Waals surface area contributed by atoms with Crippen LogP contribution in [0.4, 0.5) is 5.69 Å². The van der Waals surface area contributed by atoms with Gasteiger partial charge >= 0.3 is 5.22 Å². The number of nitrogens with zero attached hydrogens (tertiary/aromatic N) is 3. The molecule has 9 amide bonds. The van der Waals surface area contributed by atoms with Crippen LogP contribution >= 0.6 is 0 Å². The number of nitrogens with one attached hydrogen (secondary N) is 8. The molecule has 4 unspecified atom stereocenters. The van der Waals surface area contributed by atoms with E-state index < -0.39 is 227 Å². The van der Waals surface area contributed by atoms with Crippen LogP contribution in [0, 0.1) is 35.5 Å². The van der Waals surface area contributed by atoms with Crippen LogP contribution in [-0.4, -0.2) is 212 Å². The minimum Gasteiger partial charge on any atom is -0.493 e. The van der Waals surface area contributed by atoms with E-state index in [0.717, 1.165) is 11.2 Å². The van der Waals surface area contributed by atoms with Gasteiger partial charge in [-0.2, -0.15) is 0 Å². The number of hydrogen-bond acceptors (Lipinski definition) is 24. The van der Waals surface area contributed by atoms with Gasteiger partial charge in [0, 0.05) is 105 Å². The Hall–Kier alpha value is -10.2. The van der Waals surface area contributed by atoms with Crippen LogP contribution in [0.5, 0.6) is 11.5 Å². The van der Waals surface area contributed by atoms with Crippen molar-refractivity contribution in [3.05, 3.63) is 77.9 Å². The molecule has 13 atom stereocenters. The van der Waals surface area contributed by atoms with E-state index in [9.17, 15) is 86.1 Å². The van der Waals surface area contributed by atoms with Gasteiger partial charge in [-0.05, 0) is 84.3 Å². The van der Waals surface area contributed by atoms with E-state index in [0.29, 0.717) is 34.4 Å². The number of hydrogen-bond donors (Lipinski definition) is 12. The van der Waals surface area contributed by atoms with Gasteiger partial charge in [0.1, 0.15) is 41.0 Å². The molecule has 3 aliphatic heterocycles. The van der Waals surface area contributed by atoms with Crippen molar-refractivity contribution in [3.8, 4) is 23.0 Å². The van der Waals surface area contributed by atoms with E-state index in [4.69, 9.17) is 19.6 Å². The molecule has 0 aliphatic carbocycles. The molecule has 5 heterocycles. The Morgan fingerprint density at radius 2 is 1.48 bits per heavy atom. The van der Waals surface area contributed by atoms with Crippen molar-refractivity contribution in [2.75, 3.05) is 50.2 Å². The Morgan fingerprint density at radius 1 is 0.798 bits per heavy atom. The monoisotopic (exact) mass is 1550 g/mol. The molecule has 0 spiro atoms. The highest BCUT2D eigenvalue weighted by molar-refractivity contribution is 7.90.